The molecule has 2 aromatic rings. The molecule has 2 rings (SSSR count). The molecule has 0 bridgehead atoms. The van der Waals surface area contributed by atoms with Gasteiger partial charge in [0.2, 0.25) is 0 Å². The second-order valence-corrected chi connectivity index (χ2v) is 6.26. The fourth-order valence-corrected chi connectivity index (χ4v) is 2.63. The third kappa shape index (κ3) is 4.49. The summed E-state index contributed by atoms with van der Waals surface area (Å²) < 4.78 is 25.5. The Morgan fingerprint density at radius 2 is 1.85 bits per heavy atom. The molecule has 106 valence electrons. The van der Waals surface area contributed by atoms with Gasteiger partial charge in [-0.2, -0.15) is 8.78 Å². The van der Waals surface area contributed by atoms with Gasteiger partial charge in [0.15, 0.2) is 0 Å². The van der Waals surface area contributed by atoms with Crippen LogP contribution in [0, 0.1) is 6.92 Å². The molecule has 0 fully saturated rings. The maximum atomic E-state index is 12.2. The standard InChI is InChI=1S/C15H14BrF2NS/c1-10-2-3-11(8-14(10)16)9-19-12-4-6-13(7-5-12)20-15(17)18/h2-8,15,19H,9H2,1H3. The van der Waals surface area contributed by atoms with Crippen LogP contribution in [0.3, 0.4) is 0 Å². The van der Waals surface area contributed by atoms with E-state index < -0.39 is 5.76 Å². The van der Waals surface area contributed by atoms with Gasteiger partial charge in [0.25, 0.3) is 5.76 Å². The number of benzene rings is 2. The van der Waals surface area contributed by atoms with Crippen LogP contribution in [0.2, 0.25) is 0 Å². The summed E-state index contributed by atoms with van der Waals surface area (Å²) in [6.07, 6.45) is 0. The van der Waals surface area contributed by atoms with Crippen LogP contribution in [0.4, 0.5) is 14.5 Å². The minimum Gasteiger partial charge on any atom is -0.381 e. The molecule has 0 aromatic heterocycles. The van der Waals surface area contributed by atoms with E-state index >= 15 is 0 Å². The minimum atomic E-state index is -2.38. The van der Waals surface area contributed by atoms with Crippen molar-refractivity contribution < 1.29 is 8.78 Å². The highest BCUT2D eigenvalue weighted by Crippen LogP contribution is 2.26. The van der Waals surface area contributed by atoms with Gasteiger partial charge in [-0.15, -0.1) is 0 Å². The number of halogens is 3. The molecule has 0 aliphatic carbocycles. The zero-order valence-corrected chi connectivity index (χ0v) is 13.3. The molecule has 0 spiro atoms. The summed E-state index contributed by atoms with van der Waals surface area (Å²) in [7, 11) is 0. The van der Waals surface area contributed by atoms with Crippen LogP contribution in [0.5, 0.6) is 0 Å². The van der Waals surface area contributed by atoms with Crippen molar-refractivity contribution in [3.63, 3.8) is 0 Å². The molecule has 5 heteroatoms. The Morgan fingerprint density at radius 3 is 2.45 bits per heavy atom. The number of rotatable bonds is 5. The van der Waals surface area contributed by atoms with Crippen molar-refractivity contribution in [2.45, 2.75) is 24.1 Å². The lowest BCUT2D eigenvalue weighted by atomic mass is 10.1. The molecule has 20 heavy (non-hydrogen) atoms. The maximum Gasteiger partial charge on any atom is 0.288 e. The van der Waals surface area contributed by atoms with Gasteiger partial charge in [-0.3, -0.25) is 0 Å². The lowest BCUT2D eigenvalue weighted by Crippen LogP contribution is -1.99. The Balaban J connectivity index is 1.95. The van der Waals surface area contributed by atoms with Crippen LogP contribution in [-0.2, 0) is 6.54 Å². The number of aryl methyl sites for hydroxylation is 1. The zero-order valence-electron chi connectivity index (χ0n) is 10.9. The molecule has 0 aliphatic rings. The van der Waals surface area contributed by atoms with E-state index in [0.717, 1.165) is 15.7 Å². The first kappa shape index (κ1) is 15.3. The fourth-order valence-electron chi connectivity index (χ4n) is 1.70. The zero-order chi connectivity index (χ0) is 14.5. The van der Waals surface area contributed by atoms with Crippen LogP contribution >= 0.6 is 27.7 Å². The van der Waals surface area contributed by atoms with Crippen LogP contribution in [0.15, 0.2) is 51.8 Å². The summed E-state index contributed by atoms with van der Waals surface area (Å²) in [5.41, 5.74) is 3.27. The summed E-state index contributed by atoms with van der Waals surface area (Å²) in [6.45, 7) is 2.74. The van der Waals surface area contributed by atoms with E-state index in [4.69, 9.17) is 0 Å². The molecule has 0 aliphatic heterocycles. The Bertz CT molecular complexity index is 573. The number of alkyl halides is 2. The van der Waals surface area contributed by atoms with Crippen molar-refractivity contribution in [3.8, 4) is 0 Å². The Morgan fingerprint density at radius 1 is 1.15 bits per heavy atom. The highest BCUT2D eigenvalue weighted by Gasteiger charge is 2.04. The molecule has 0 saturated heterocycles. The predicted octanol–water partition coefficient (Wildman–Crippen LogP) is 5.68. The van der Waals surface area contributed by atoms with Gasteiger partial charge in [0, 0.05) is 21.6 Å². The molecule has 0 radical (unpaired) electrons. The van der Waals surface area contributed by atoms with Gasteiger partial charge in [-0.05, 0) is 48.4 Å². The molecule has 2 aromatic carbocycles. The van der Waals surface area contributed by atoms with Gasteiger partial charge < -0.3 is 5.32 Å². The molecule has 1 nitrogen and oxygen atoms in total. The first-order chi connectivity index (χ1) is 9.54. The molecule has 1 N–H and O–H groups in total. The van der Waals surface area contributed by atoms with Crippen molar-refractivity contribution in [3.05, 3.63) is 58.1 Å². The summed E-state index contributed by atoms with van der Waals surface area (Å²) in [4.78, 5) is 0.573. The molecule has 0 saturated carbocycles. The van der Waals surface area contributed by atoms with Gasteiger partial charge in [0.1, 0.15) is 0 Å². The van der Waals surface area contributed by atoms with Crippen LogP contribution < -0.4 is 5.32 Å². The monoisotopic (exact) mass is 357 g/mol. The number of anilines is 1. The first-order valence-electron chi connectivity index (χ1n) is 6.08. The van der Waals surface area contributed by atoms with E-state index in [9.17, 15) is 8.78 Å². The quantitative estimate of drug-likeness (QED) is 0.690. The largest absolute Gasteiger partial charge is 0.381 e. The molecular formula is C15H14BrF2NS. The van der Waals surface area contributed by atoms with E-state index in [2.05, 4.69) is 39.4 Å². The van der Waals surface area contributed by atoms with Crippen LogP contribution in [0.25, 0.3) is 0 Å². The predicted molar refractivity (Wildman–Crippen MR) is 84.5 cm³/mol. The average Bonchev–Trinajstić information content (AvgIpc) is 2.41. The average molecular weight is 358 g/mol. The van der Waals surface area contributed by atoms with Gasteiger partial charge in [-0.25, -0.2) is 0 Å². The Hall–Kier alpha value is -1.07. The van der Waals surface area contributed by atoms with E-state index in [-0.39, 0.29) is 0 Å². The van der Waals surface area contributed by atoms with Crippen molar-refractivity contribution in [2.75, 3.05) is 5.32 Å². The van der Waals surface area contributed by atoms with E-state index in [1.165, 1.54) is 5.56 Å². The van der Waals surface area contributed by atoms with Gasteiger partial charge in [-0.1, -0.05) is 39.8 Å². The lowest BCUT2D eigenvalue weighted by Gasteiger charge is -2.09. The topological polar surface area (TPSA) is 12.0 Å². The summed E-state index contributed by atoms with van der Waals surface area (Å²) in [5.74, 6) is -2.38. The first-order valence-corrected chi connectivity index (χ1v) is 7.75. The number of nitrogens with one attached hydrogen (secondary N) is 1. The third-order valence-electron chi connectivity index (χ3n) is 2.81. The van der Waals surface area contributed by atoms with E-state index in [1.54, 1.807) is 12.1 Å². The van der Waals surface area contributed by atoms with Crippen molar-refractivity contribution in [1.82, 2.24) is 0 Å². The molecule has 0 amide bonds. The molecule has 0 unspecified atom stereocenters. The van der Waals surface area contributed by atoms with Crippen LogP contribution in [-0.4, -0.2) is 5.76 Å². The Kier molecular flexibility index (Phi) is 5.43. The highest BCUT2D eigenvalue weighted by atomic mass is 79.9. The minimum absolute atomic E-state index is 0.558. The smallest absolute Gasteiger partial charge is 0.288 e. The van der Waals surface area contributed by atoms with Crippen molar-refractivity contribution >= 4 is 33.4 Å². The van der Waals surface area contributed by atoms with Crippen molar-refractivity contribution in [2.24, 2.45) is 0 Å². The summed E-state index contributed by atoms with van der Waals surface area (Å²) >= 11 is 4.06. The Labute approximate surface area is 129 Å². The van der Waals surface area contributed by atoms with Crippen molar-refractivity contribution in [1.29, 1.82) is 0 Å². The second kappa shape index (κ2) is 7.09. The fraction of sp³-hybridized carbons (Fsp3) is 0.200. The number of hydrogen-bond donors (Lipinski definition) is 1. The molecule has 0 heterocycles. The normalized spacial score (nSPS) is 10.8. The number of hydrogen-bond acceptors (Lipinski definition) is 2. The lowest BCUT2D eigenvalue weighted by molar-refractivity contribution is 0.252. The molecule has 0 atom stereocenters. The second-order valence-electron chi connectivity index (χ2n) is 4.34. The van der Waals surface area contributed by atoms with Gasteiger partial charge >= 0.3 is 0 Å². The summed E-state index contributed by atoms with van der Waals surface area (Å²) in [5, 5.41) is 3.27. The SMILES string of the molecule is Cc1ccc(CNc2ccc(SC(F)F)cc2)cc1Br. The summed E-state index contributed by atoms with van der Waals surface area (Å²) in [6, 6.07) is 13.2. The third-order valence-corrected chi connectivity index (χ3v) is 4.39. The maximum absolute atomic E-state index is 12.2. The van der Waals surface area contributed by atoms with Crippen LogP contribution in [0.1, 0.15) is 11.1 Å². The van der Waals surface area contributed by atoms with E-state index in [1.807, 2.05) is 19.1 Å². The van der Waals surface area contributed by atoms with Gasteiger partial charge in [0.05, 0.1) is 0 Å². The number of thioether (sulfide) groups is 1. The van der Waals surface area contributed by atoms with E-state index in [0.29, 0.717) is 23.2 Å². The molecular weight excluding hydrogens is 344 g/mol. The highest BCUT2D eigenvalue weighted by molar-refractivity contribution is 9.10.